The molecule has 0 saturated carbocycles. The Morgan fingerprint density at radius 1 is 1.15 bits per heavy atom. The Balaban J connectivity index is 1.59. The van der Waals surface area contributed by atoms with Crippen LogP contribution >= 0.6 is 11.3 Å². The quantitative estimate of drug-likeness (QED) is 0.835. The normalized spacial score (nSPS) is 23.8. The highest BCUT2D eigenvalue weighted by molar-refractivity contribution is 7.09. The van der Waals surface area contributed by atoms with Gasteiger partial charge in [-0.1, -0.05) is 24.3 Å². The van der Waals surface area contributed by atoms with E-state index in [4.69, 9.17) is 0 Å². The molecule has 1 aromatic heterocycles. The lowest BCUT2D eigenvalue weighted by Gasteiger charge is -2.48. The van der Waals surface area contributed by atoms with Crippen LogP contribution in [0.2, 0.25) is 0 Å². The second-order valence-electron chi connectivity index (χ2n) is 7.18. The third-order valence-electron chi connectivity index (χ3n) is 5.44. The lowest BCUT2D eigenvalue weighted by molar-refractivity contribution is -0.142. The Labute approximate surface area is 157 Å². The summed E-state index contributed by atoms with van der Waals surface area (Å²) < 4.78 is 0. The number of carbonyl (C=O) groups excluding carboxylic acids is 2. The SMILES string of the molecule is CC(=O)N1CC(=O)N(c2ccccc2)C[C@]12CCN(Cc1cccs1)C2. The number of carbonyl (C=O) groups is 2. The largest absolute Gasteiger partial charge is 0.325 e. The fourth-order valence-electron chi connectivity index (χ4n) is 4.19. The van der Waals surface area contributed by atoms with E-state index in [1.807, 2.05) is 40.1 Å². The Hall–Kier alpha value is -2.18. The predicted octanol–water partition coefficient (Wildman–Crippen LogP) is 2.59. The van der Waals surface area contributed by atoms with Gasteiger partial charge >= 0.3 is 0 Å². The number of hydrogen-bond donors (Lipinski definition) is 0. The molecule has 4 rings (SSSR count). The van der Waals surface area contributed by atoms with Gasteiger partial charge in [0.05, 0.1) is 12.1 Å². The lowest BCUT2D eigenvalue weighted by atomic mass is 9.91. The smallest absolute Gasteiger partial charge is 0.246 e. The highest BCUT2D eigenvalue weighted by Gasteiger charge is 2.50. The van der Waals surface area contributed by atoms with E-state index in [2.05, 4.69) is 22.4 Å². The zero-order valence-electron chi connectivity index (χ0n) is 14.9. The fraction of sp³-hybridized carbons (Fsp3) is 0.400. The summed E-state index contributed by atoms with van der Waals surface area (Å²) in [4.78, 5) is 32.4. The van der Waals surface area contributed by atoms with Crippen molar-refractivity contribution in [2.24, 2.45) is 0 Å². The van der Waals surface area contributed by atoms with E-state index in [1.165, 1.54) is 4.88 Å². The van der Waals surface area contributed by atoms with Gasteiger partial charge in [0.15, 0.2) is 0 Å². The Morgan fingerprint density at radius 3 is 2.65 bits per heavy atom. The summed E-state index contributed by atoms with van der Waals surface area (Å²) in [5.74, 6) is -0.0160. The molecule has 3 heterocycles. The second kappa shape index (κ2) is 6.85. The number of anilines is 1. The first-order valence-electron chi connectivity index (χ1n) is 8.96. The average Bonchev–Trinajstić information content (AvgIpc) is 3.28. The van der Waals surface area contributed by atoms with Crippen LogP contribution in [0, 0.1) is 0 Å². The Kier molecular flexibility index (Phi) is 4.54. The van der Waals surface area contributed by atoms with Gasteiger partial charge in [0.2, 0.25) is 11.8 Å². The minimum atomic E-state index is -0.299. The van der Waals surface area contributed by atoms with E-state index in [0.717, 1.165) is 31.7 Å². The van der Waals surface area contributed by atoms with Gasteiger partial charge < -0.3 is 9.80 Å². The molecule has 6 heteroatoms. The highest BCUT2D eigenvalue weighted by atomic mass is 32.1. The van der Waals surface area contributed by atoms with E-state index in [1.54, 1.807) is 18.3 Å². The molecule has 5 nitrogen and oxygen atoms in total. The molecule has 2 aliphatic heterocycles. The number of piperazine rings is 1. The van der Waals surface area contributed by atoms with Crippen molar-refractivity contribution in [1.82, 2.24) is 9.80 Å². The molecule has 136 valence electrons. The van der Waals surface area contributed by atoms with Crippen molar-refractivity contribution >= 4 is 28.8 Å². The van der Waals surface area contributed by atoms with Crippen LogP contribution in [0.4, 0.5) is 5.69 Å². The topological polar surface area (TPSA) is 43.9 Å². The number of thiophene rings is 1. The number of amides is 2. The third kappa shape index (κ3) is 3.15. The van der Waals surface area contributed by atoms with Crippen LogP contribution in [0.25, 0.3) is 0 Å². The molecule has 0 aliphatic carbocycles. The minimum Gasteiger partial charge on any atom is -0.325 e. The maximum atomic E-state index is 12.7. The van der Waals surface area contributed by atoms with Gasteiger partial charge in [-0.05, 0) is 30.0 Å². The summed E-state index contributed by atoms with van der Waals surface area (Å²) in [7, 11) is 0. The van der Waals surface area contributed by atoms with Crippen molar-refractivity contribution in [2.45, 2.75) is 25.4 Å². The molecule has 26 heavy (non-hydrogen) atoms. The number of nitrogens with zero attached hydrogens (tertiary/aromatic N) is 3. The Bertz CT molecular complexity index is 793. The van der Waals surface area contributed by atoms with Crippen LogP contribution in [0.1, 0.15) is 18.2 Å². The zero-order valence-corrected chi connectivity index (χ0v) is 15.7. The summed E-state index contributed by atoms with van der Waals surface area (Å²) in [6.45, 7) is 4.96. The van der Waals surface area contributed by atoms with Gasteiger partial charge in [-0.25, -0.2) is 0 Å². The van der Waals surface area contributed by atoms with Gasteiger partial charge in [0.1, 0.15) is 6.54 Å². The number of para-hydroxylation sites is 1. The van der Waals surface area contributed by atoms with Crippen molar-refractivity contribution < 1.29 is 9.59 Å². The third-order valence-corrected chi connectivity index (χ3v) is 6.30. The van der Waals surface area contributed by atoms with Crippen LogP contribution in [0.5, 0.6) is 0 Å². The monoisotopic (exact) mass is 369 g/mol. The zero-order chi connectivity index (χ0) is 18.1. The Morgan fingerprint density at radius 2 is 1.96 bits per heavy atom. The summed E-state index contributed by atoms with van der Waals surface area (Å²) >= 11 is 1.76. The van der Waals surface area contributed by atoms with E-state index in [9.17, 15) is 9.59 Å². The van der Waals surface area contributed by atoms with Crippen LogP contribution in [-0.4, -0.2) is 53.3 Å². The maximum Gasteiger partial charge on any atom is 0.246 e. The lowest BCUT2D eigenvalue weighted by Crippen LogP contribution is -2.66. The summed E-state index contributed by atoms with van der Waals surface area (Å²) in [6.07, 6.45) is 0.897. The van der Waals surface area contributed by atoms with Crippen molar-refractivity contribution in [3.8, 4) is 0 Å². The first-order valence-corrected chi connectivity index (χ1v) is 9.84. The van der Waals surface area contributed by atoms with Gasteiger partial charge in [-0.3, -0.25) is 14.5 Å². The molecule has 1 spiro atoms. The predicted molar refractivity (Wildman–Crippen MR) is 103 cm³/mol. The van der Waals surface area contributed by atoms with Crippen molar-refractivity contribution in [1.29, 1.82) is 0 Å². The molecular formula is C20H23N3O2S. The van der Waals surface area contributed by atoms with Crippen LogP contribution in [0.15, 0.2) is 47.8 Å². The van der Waals surface area contributed by atoms with Crippen molar-refractivity contribution in [2.75, 3.05) is 31.1 Å². The molecule has 2 aromatic rings. The van der Waals surface area contributed by atoms with Gasteiger partial charge in [-0.15, -0.1) is 11.3 Å². The van der Waals surface area contributed by atoms with Gasteiger partial charge in [0.25, 0.3) is 0 Å². The molecule has 0 radical (unpaired) electrons. The first kappa shape index (κ1) is 17.2. The van der Waals surface area contributed by atoms with Crippen LogP contribution < -0.4 is 4.90 Å². The molecule has 0 N–H and O–H groups in total. The van der Waals surface area contributed by atoms with Crippen molar-refractivity contribution in [3.63, 3.8) is 0 Å². The van der Waals surface area contributed by atoms with Gasteiger partial charge in [-0.2, -0.15) is 0 Å². The summed E-state index contributed by atoms with van der Waals surface area (Å²) in [5.41, 5.74) is 0.615. The molecule has 1 atom stereocenters. The molecule has 0 unspecified atom stereocenters. The molecular weight excluding hydrogens is 346 g/mol. The number of hydrogen-bond acceptors (Lipinski definition) is 4. The molecule has 1 aromatic carbocycles. The molecule has 2 saturated heterocycles. The van der Waals surface area contributed by atoms with E-state index >= 15 is 0 Å². The van der Waals surface area contributed by atoms with E-state index in [0.29, 0.717) is 6.54 Å². The molecule has 0 bridgehead atoms. The fourth-order valence-corrected chi connectivity index (χ4v) is 4.94. The number of rotatable bonds is 3. The van der Waals surface area contributed by atoms with Crippen LogP contribution in [0.3, 0.4) is 0 Å². The van der Waals surface area contributed by atoms with E-state index < -0.39 is 0 Å². The summed E-state index contributed by atoms with van der Waals surface area (Å²) in [5, 5.41) is 2.10. The average molecular weight is 369 g/mol. The second-order valence-corrected chi connectivity index (χ2v) is 8.22. The minimum absolute atomic E-state index is 0.00580. The van der Waals surface area contributed by atoms with Crippen LogP contribution in [-0.2, 0) is 16.1 Å². The summed E-state index contributed by atoms with van der Waals surface area (Å²) in [6, 6.07) is 14.0. The first-order chi connectivity index (χ1) is 12.6. The van der Waals surface area contributed by atoms with Gasteiger partial charge in [0, 0.05) is 37.1 Å². The van der Waals surface area contributed by atoms with E-state index in [-0.39, 0.29) is 23.9 Å². The molecule has 2 amide bonds. The standard InChI is InChI=1S/C20H23N3O2S/c1-16(24)23-13-19(25)22(17-6-3-2-4-7-17)15-20(23)9-10-21(14-20)12-18-8-5-11-26-18/h2-8,11H,9-10,12-15H2,1H3/t20-/m1/s1. The van der Waals surface area contributed by atoms with Crippen molar-refractivity contribution in [3.05, 3.63) is 52.7 Å². The number of likely N-dealkylation sites (tertiary alicyclic amines) is 1. The molecule has 2 fully saturated rings. The molecule has 2 aliphatic rings. The number of benzene rings is 1. The maximum absolute atomic E-state index is 12.7. The highest BCUT2D eigenvalue weighted by Crippen LogP contribution is 2.35.